The fourth-order valence-corrected chi connectivity index (χ4v) is 3.81. The third-order valence-electron chi connectivity index (χ3n) is 5.32. The molecule has 0 bridgehead atoms. The lowest BCUT2D eigenvalue weighted by molar-refractivity contribution is 0.904. The molecular weight excluding hydrogens is 386 g/mol. The largest absolute Gasteiger partial charge is 0.382 e. The molecule has 31 heavy (non-hydrogen) atoms. The van der Waals surface area contributed by atoms with Crippen LogP contribution in [0, 0.1) is 0 Å². The van der Waals surface area contributed by atoms with Crippen LogP contribution in [0.2, 0.25) is 0 Å². The van der Waals surface area contributed by atoms with Gasteiger partial charge in [-0.15, -0.1) is 10.2 Å². The number of hydrogen-bond donors (Lipinski definition) is 2. The van der Waals surface area contributed by atoms with Crippen molar-refractivity contribution in [1.82, 2.24) is 29.8 Å². The maximum absolute atomic E-state index is 6.45. The maximum Gasteiger partial charge on any atom is 0.180 e. The second-order valence-corrected chi connectivity index (χ2v) is 7.25. The summed E-state index contributed by atoms with van der Waals surface area (Å²) < 4.78 is 1.62. The normalized spacial score (nSPS) is 11.4. The van der Waals surface area contributed by atoms with Crippen LogP contribution < -0.4 is 5.73 Å². The topological polar surface area (TPSA) is 97.8 Å². The molecule has 0 fully saturated rings. The van der Waals surface area contributed by atoms with Gasteiger partial charge in [0.1, 0.15) is 0 Å². The molecule has 0 spiro atoms. The summed E-state index contributed by atoms with van der Waals surface area (Å²) in [7, 11) is 0. The van der Waals surface area contributed by atoms with Gasteiger partial charge in [-0.25, -0.2) is 4.98 Å². The first-order chi connectivity index (χ1) is 15.3. The molecule has 0 aliphatic rings. The van der Waals surface area contributed by atoms with Crippen molar-refractivity contribution in [2.75, 3.05) is 5.73 Å². The number of aromatic nitrogens is 6. The van der Waals surface area contributed by atoms with Crippen LogP contribution in [0.4, 0.5) is 5.82 Å². The molecule has 0 radical (unpaired) electrons. The summed E-state index contributed by atoms with van der Waals surface area (Å²) in [6.07, 6.45) is 0. The van der Waals surface area contributed by atoms with Crippen LogP contribution >= 0.6 is 0 Å². The van der Waals surface area contributed by atoms with Gasteiger partial charge in [0.15, 0.2) is 23.0 Å². The fourth-order valence-electron chi connectivity index (χ4n) is 3.81. The Bertz CT molecular complexity index is 1510. The standard InChI is InChI=1S/C24H17N7/c25-23-22(24-26-18-12-6-7-13-19(18)27-24)29-28-21-14-20(30-31(21)23)17-11-5-4-10-16(17)15-8-2-1-3-9-15/h1-14H,25H2,(H,26,27). The molecule has 0 atom stereocenters. The van der Waals surface area contributed by atoms with Crippen LogP contribution in [-0.2, 0) is 0 Å². The van der Waals surface area contributed by atoms with E-state index in [9.17, 15) is 0 Å². The molecule has 0 saturated carbocycles. The summed E-state index contributed by atoms with van der Waals surface area (Å²) in [4.78, 5) is 7.84. The number of aromatic amines is 1. The number of nitrogens with two attached hydrogens (primary N) is 1. The molecule has 3 N–H and O–H groups in total. The van der Waals surface area contributed by atoms with Gasteiger partial charge in [-0.1, -0.05) is 66.7 Å². The summed E-state index contributed by atoms with van der Waals surface area (Å²) in [6, 6.07) is 28.1. The average Bonchev–Trinajstić information content (AvgIpc) is 3.45. The number of nitrogens with zero attached hydrogens (tertiary/aromatic N) is 5. The van der Waals surface area contributed by atoms with E-state index >= 15 is 0 Å². The summed E-state index contributed by atoms with van der Waals surface area (Å²) in [5, 5.41) is 13.4. The zero-order valence-corrected chi connectivity index (χ0v) is 16.4. The van der Waals surface area contributed by atoms with Gasteiger partial charge in [-0.3, -0.25) is 0 Å². The third kappa shape index (κ3) is 2.83. The van der Waals surface area contributed by atoms with Crippen LogP contribution in [0.15, 0.2) is 84.9 Å². The average molecular weight is 403 g/mol. The number of para-hydroxylation sites is 2. The Morgan fingerprint density at radius 2 is 1.52 bits per heavy atom. The maximum atomic E-state index is 6.45. The number of nitrogen functional groups attached to an aromatic ring is 1. The lowest BCUT2D eigenvalue weighted by Gasteiger charge is -2.07. The smallest absolute Gasteiger partial charge is 0.180 e. The molecule has 0 saturated heterocycles. The van der Waals surface area contributed by atoms with E-state index in [-0.39, 0.29) is 0 Å². The number of rotatable bonds is 3. The first kappa shape index (κ1) is 17.3. The third-order valence-corrected chi connectivity index (χ3v) is 5.32. The van der Waals surface area contributed by atoms with Crippen molar-refractivity contribution in [1.29, 1.82) is 0 Å². The van der Waals surface area contributed by atoms with Gasteiger partial charge in [0, 0.05) is 11.6 Å². The second kappa shape index (κ2) is 6.77. The molecule has 7 heteroatoms. The molecule has 6 rings (SSSR count). The monoisotopic (exact) mass is 403 g/mol. The van der Waals surface area contributed by atoms with E-state index < -0.39 is 0 Å². The Hall–Kier alpha value is -4.52. The molecule has 3 heterocycles. The highest BCUT2D eigenvalue weighted by Gasteiger charge is 2.17. The van der Waals surface area contributed by atoms with E-state index in [0.717, 1.165) is 33.4 Å². The Morgan fingerprint density at radius 1 is 0.774 bits per heavy atom. The lowest BCUT2D eigenvalue weighted by Crippen LogP contribution is -2.06. The van der Waals surface area contributed by atoms with Crippen LogP contribution in [0.25, 0.3) is 50.6 Å². The molecule has 3 aromatic carbocycles. The minimum atomic E-state index is 0.382. The molecule has 0 aliphatic heterocycles. The SMILES string of the molecule is Nc1c(-c2nc3ccccc3[nH]2)nnc2cc(-c3ccccc3-c3ccccc3)nn12. The minimum Gasteiger partial charge on any atom is -0.382 e. The number of imidazole rings is 1. The number of H-pyrrole nitrogens is 1. The van der Waals surface area contributed by atoms with Crippen molar-refractivity contribution in [2.24, 2.45) is 0 Å². The van der Waals surface area contributed by atoms with Gasteiger partial charge in [0.2, 0.25) is 0 Å². The van der Waals surface area contributed by atoms with Crippen LogP contribution in [0.1, 0.15) is 0 Å². The predicted molar refractivity (Wildman–Crippen MR) is 121 cm³/mol. The summed E-state index contributed by atoms with van der Waals surface area (Å²) in [5.74, 6) is 0.947. The molecule has 0 aliphatic carbocycles. The minimum absolute atomic E-state index is 0.382. The highest BCUT2D eigenvalue weighted by atomic mass is 15.3. The van der Waals surface area contributed by atoms with Crippen LogP contribution in [0.3, 0.4) is 0 Å². The second-order valence-electron chi connectivity index (χ2n) is 7.25. The Morgan fingerprint density at radius 3 is 2.35 bits per heavy atom. The zero-order valence-electron chi connectivity index (χ0n) is 16.4. The van der Waals surface area contributed by atoms with Crippen molar-refractivity contribution < 1.29 is 0 Å². The van der Waals surface area contributed by atoms with Crippen molar-refractivity contribution in [2.45, 2.75) is 0 Å². The first-order valence-corrected chi connectivity index (χ1v) is 9.90. The Kier molecular flexibility index (Phi) is 3.79. The molecule has 0 amide bonds. The van der Waals surface area contributed by atoms with E-state index in [4.69, 9.17) is 10.8 Å². The molecule has 6 aromatic rings. The zero-order chi connectivity index (χ0) is 20.8. The van der Waals surface area contributed by atoms with Crippen LogP contribution in [-0.4, -0.2) is 29.8 Å². The van der Waals surface area contributed by atoms with Crippen molar-refractivity contribution in [3.05, 3.63) is 84.9 Å². The van der Waals surface area contributed by atoms with E-state index in [1.807, 2.05) is 66.7 Å². The molecular formula is C24H17N7. The molecule has 0 unspecified atom stereocenters. The van der Waals surface area contributed by atoms with Crippen LogP contribution in [0.5, 0.6) is 0 Å². The van der Waals surface area contributed by atoms with Gasteiger partial charge in [-0.05, 0) is 23.3 Å². The number of benzene rings is 3. The van der Waals surface area contributed by atoms with Crippen molar-refractivity contribution in [3.63, 3.8) is 0 Å². The van der Waals surface area contributed by atoms with E-state index in [1.54, 1.807) is 4.52 Å². The highest BCUT2D eigenvalue weighted by Crippen LogP contribution is 2.32. The van der Waals surface area contributed by atoms with Crippen molar-refractivity contribution >= 4 is 22.5 Å². The van der Waals surface area contributed by atoms with Gasteiger partial charge >= 0.3 is 0 Å². The summed E-state index contributed by atoms with van der Waals surface area (Å²) >= 11 is 0. The van der Waals surface area contributed by atoms with Gasteiger partial charge < -0.3 is 10.7 Å². The first-order valence-electron chi connectivity index (χ1n) is 9.90. The fraction of sp³-hybridized carbons (Fsp3) is 0. The predicted octanol–water partition coefficient (Wildman–Crippen LogP) is 4.58. The summed E-state index contributed by atoms with van der Waals surface area (Å²) in [5.41, 5.74) is 13.3. The number of anilines is 1. The molecule has 148 valence electrons. The highest BCUT2D eigenvalue weighted by molar-refractivity contribution is 5.84. The summed E-state index contributed by atoms with van der Waals surface area (Å²) in [6.45, 7) is 0. The van der Waals surface area contributed by atoms with Gasteiger partial charge in [0.05, 0.1) is 16.7 Å². The quantitative estimate of drug-likeness (QED) is 0.451. The van der Waals surface area contributed by atoms with Gasteiger partial charge in [-0.2, -0.15) is 9.61 Å². The Labute approximate surface area is 177 Å². The number of nitrogens with one attached hydrogen (secondary N) is 1. The molecule has 7 nitrogen and oxygen atoms in total. The van der Waals surface area contributed by atoms with Gasteiger partial charge in [0.25, 0.3) is 0 Å². The van der Waals surface area contributed by atoms with E-state index in [2.05, 4.69) is 38.4 Å². The number of fused-ring (bicyclic) bond motifs is 2. The van der Waals surface area contributed by atoms with E-state index in [0.29, 0.717) is 23.0 Å². The Balaban J connectivity index is 1.50. The molecule has 3 aromatic heterocycles. The lowest BCUT2D eigenvalue weighted by atomic mass is 9.98. The van der Waals surface area contributed by atoms with E-state index in [1.165, 1.54) is 0 Å². The van der Waals surface area contributed by atoms with Crippen molar-refractivity contribution in [3.8, 4) is 33.9 Å². The number of hydrogen-bond acceptors (Lipinski definition) is 5.